The van der Waals surface area contributed by atoms with Crippen LogP contribution in [0.2, 0.25) is 0 Å². The van der Waals surface area contributed by atoms with Gasteiger partial charge in [0, 0.05) is 4.88 Å². The molecule has 4 rings (SSSR count). The number of fused-ring (bicyclic) bond motifs is 2. The van der Waals surface area contributed by atoms with Crippen LogP contribution < -0.4 is 5.32 Å². The van der Waals surface area contributed by atoms with Crippen molar-refractivity contribution in [3.63, 3.8) is 0 Å². The van der Waals surface area contributed by atoms with E-state index in [1.54, 1.807) is 24.3 Å². The zero-order valence-corrected chi connectivity index (χ0v) is 14.9. The lowest BCUT2D eigenvalue weighted by Gasteiger charge is -2.21. The summed E-state index contributed by atoms with van der Waals surface area (Å²) in [7, 11) is 0. The average Bonchev–Trinajstić information content (AvgIpc) is 3.28. The van der Waals surface area contributed by atoms with Crippen LogP contribution in [-0.2, 0) is 17.6 Å². The van der Waals surface area contributed by atoms with Crippen LogP contribution >= 0.6 is 11.3 Å². The summed E-state index contributed by atoms with van der Waals surface area (Å²) < 4.78 is 0. The average molecular weight is 365 g/mol. The van der Waals surface area contributed by atoms with Crippen molar-refractivity contribution in [3.05, 3.63) is 51.4 Å². The molecule has 1 N–H and O–H groups in total. The summed E-state index contributed by atoms with van der Waals surface area (Å²) >= 11 is 1.41. The molecule has 0 fully saturated rings. The largest absolute Gasteiger partial charge is 0.315 e. The van der Waals surface area contributed by atoms with E-state index in [1.165, 1.54) is 18.3 Å². The van der Waals surface area contributed by atoms with Gasteiger partial charge in [-0.25, -0.2) is 0 Å². The van der Waals surface area contributed by atoms with E-state index in [-0.39, 0.29) is 0 Å². The Balaban J connectivity index is 1.58. The molecule has 0 radical (unpaired) electrons. The van der Waals surface area contributed by atoms with Crippen LogP contribution in [0, 0.1) is 11.3 Å². The number of thiophene rings is 1. The predicted octanol–water partition coefficient (Wildman–Crippen LogP) is 2.73. The monoisotopic (exact) mass is 365 g/mol. The predicted molar refractivity (Wildman–Crippen MR) is 96.1 cm³/mol. The van der Waals surface area contributed by atoms with Crippen LogP contribution in [0.4, 0.5) is 5.00 Å². The second kappa shape index (κ2) is 6.07. The van der Waals surface area contributed by atoms with Crippen molar-refractivity contribution in [2.75, 3.05) is 5.32 Å². The molecule has 0 spiro atoms. The number of carbonyl (C=O) groups is 3. The van der Waals surface area contributed by atoms with E-state index in [1.807, 2.05) is 0 Å². The molecule has 1 aromatic carbocycles. The molecule has 1 aliphatic carbocycles. The molecular weight excluding hydrogens is 350 g/mol. The Morgan fingerprint density at radius 2 is 1.88 bits per heavy atom. The van der Waals surface area contributed by atoms with E-state index in [0.717, 1.165) is 34.6 Å². The Hall–Kier alpha value is -2.98. The van der Waals surface area contributed by atoms with Crippen molar-refractivity contribution in [1.82, 2.24) is 4.90 Å². The molecule has 2 aliphatic rings. The quantitative estimate of drug-likeness (QED) is 0.847. The van der Waals surface area contributed by atoms with Crippen LogP contribution in [0.5, 0.6) is 0 Å². The van der Waals surface area contributed by atoms with Gasteiger partial charge in [0.05, 0.1) is 16.7 Å². The normalized spacial score (nSPS) is 16.2. The van der Waals surface area contributed by atoms with Crippen LogP contribution in [0.3, 0.4) is 0 Å². The summed E-state index contributed by atoms with van der Waals surface area (Å²) in [5.41, 5.74) is 2.14. The first-order chi connectivity index (χ1) is 12.5. The van der Waals surface area contributed by atoms with E-state index in [0.29, 0.717) is 21.7 Å². The number of imide groups is 1. The maximum atomic E-state index is 12.7. The lowest BCUT2D eigenvalue weighted by atomic mass is 10.1. The molecular formula is C19H15N3O3S. The topological polar surface area (TPSA) is 90.3 Å². The molecule has 1 atom stereocenters. The minimum atomic E-state index is -0.967. The highest BCUT2D eigenvalue weighted by molar-refractivity contribution is 7.16. The summed E-state index contributed by atoms with van der Waals surface area (Å²) in [6, 6.07) is 7.74. The Kier molecular flexibility index (Phi) is 3.85. The lowest BCUT2D eigenvalue weighted by molar-refractivity contribution is -0.119. The molecule has 0 saturated heterocycles. The van der Waals surface area contributed by atoms with Gasteiger partial charge in [0.1, 0.15) is 17.1 Å². The first-order valence-corrected chi connectivity index (χ1v) is 9.17. The first-order valence-electron chi connectivity index (χ1n) is 8.35. The summed E-state index contributed by atoms with van der Waals surface area (Å²) in [5, 5.41) is 12.7. The Bertz CT molecular complexity index is 967. The zero-order valence-electron chi connectivity index (χ0n) is 14.0. The van der Waals surface area contributed by atoms with E-state index >= 15 is 0 Å². The molecule has 7 heteroatoms. The van der Waals surface area contributed by atoms with Gasteiger partial charge in [0.2, 0.25) is 5.91 Å². The summed E-state index contributed by atoms with van der Waals surface area (Å²) in [5.74, 6) is -1.42. The minimum absolute atomic E-state index is 0.310. The van der Waals surface area contributed by atoms with Crippen molar-refractivity contribution in [2.45, 2.75) is 32.2 Å². The lowest BCUT2D eigenvalue weighted by Crippen LogP contribution is -2.45. The number of nitrogens with zero attached hydrogens (tertiary/aromatic N) is 2. The second-order valence-corrected chi connectivity index (χ2v) is 7.47. The standard InChI is InChI=1S/C19H15N3O3S/c1-10(22-18(24)12-5-2-3-6-13(12)19(22)25)16(23)21-17-14(9-20)11-7-4-8-15(11)26-17/h2-3,5-6,10H,4,7-8H2,1H3,(H,21,23)/t10-/m0/s1. The van der Waals surface area contributed by atoms with Gasteiger partial charge in [-0.1, -0.05) is 12.1 Å². The van der Waals surface area contributed by atoms with E-state index in [4.69, 9.17) is 0 Å². The zero-order chi connectivity index (χ0) is 18.4. The molecule has 1 aromatic heterocycles. The van der Waals surface area contributed by atoms with Crippen molar-refractivity contribution < 1.29 is 14.4 Å². The van der Waals surface area contributed by atoms with Gasteiger partial charge in [-0.15, -0.1) is 11.3 Å². The first kappa shape index (κ1) is 16.5. The number of rotatable bonds is 3. The van der Waals surface area contributed by atoms with Crippen molar-refractivity contribution >= 4 is 34.1 Å². The highest BCUT2D eigenvalue weighted by Crippen LogP contribution is 2.38. The minimum Gasteiger partial charge on any atom is -0.315 e. The van der Waals surface area contributed by atoms with Crippen molar-refractivity contribution in [2.24, 2.45) is 0 Å². The van der Waals surface area contributed by atoms with Gasteiger partial charge in [-0.05, 0) is 43.9 Å². The summed E-state index contributed by atoms with van der Waals surface area (Å²) in [6.07, 6.45) is 2.78. The maximum Gasteiger partial charge on any atom is 0.262 e. The van der Waals surface area contributed by atoms with Crippen LogP contribution in [0.25, 0.3) is 0 Å². The number of hydrogen-bond donors (Lipinski definition) is 1. The number of hydrogen-bond acceptors (Lipinski definition) is 5. The number of nitriles is 1. The highest BCUT2D eigenvalue weighted by atomic mass is 32.1. The summed E-state index contributed by atoms with van der Waals surface area (Å²) in [4.78, 5) is 39.8. The molecule has 0 unspecified atom stereocenters. The molecule has 0 bridgehead atoms. The van der Waals surface area contributed by atoms with Crippen LogP contribution in [0.1, 0.15) is 50.1 Å². The fourth-order valence-electron chi connectivity index (χ4n) is 3.50. The van der Waals surface area contributed by atoms with Gasteiger partial charge in [-0.2, -0.15) is 5.26 Å². The summed E-state index contributed by atoms with van der Waals surface area (Å²) in [6.45, 7) is 1.52. The third kappa shape index (κ3) is 2.34. The maximum absolute atomic E-state index is 12.7. The van der Waals surface area contributed by atoms with Gasteiger partial charge in [-0.3, -0.25) is 19.3 Å². The van der Waals surface area contributed by atoms with E-state index in [2.05, 4.69) is 11.4 Å². The molecule has 26 heavy (non-hydrogen) atoms. The second-order valence-electron chi connectivity index (χ2n) is 6.36. The third-order valence-corrected chi connectivity index (χ3v) is 6.07. The number of nitrogens with one attached hydrogen (secondary N) is 1. The molecule has 0 saturated carbocycles. The molecule has 3 amide bonds. The number of aryl methyl sites for hydroxylation is 1. The SMILES string of the molecule is C[C@@H](C(=O)Nc1sc2c(c1C#N)CCC2)N1C(=O)c2ccccc2C1=O. The molecule has 6 nitrogen and oxygen atoms in total. The number of carbonyl (C=O) groups excluding carboxylic acids is 3. The van der Waals surface area contributed by atoms with Gasteiger partial charge < -0.3 is 5.32 Å². The molecule has 1 aliphatic heterocycles. The van der Waals surface area contributed by atoms with Gasteiger partial charge in [0.25, 0.3) is 11.8 Å². The Morgan fingerprint density at radius 1 is 1.23 bits per heavy atom. The van der Waals surface area contributed by atoms with Gasteiger partial charge >= 0.3 is 0 Å². The number of benzene rings is 1. The number of anilines is 1. The van der Waals surface area contributed by atoms with Crippen LogP contribution in [-0.4, -0.2) is 28.7 Å². The van der Waals surface area contributed by atoms with Crippen molar-refractivity contribution in [1.29, 1.82) is 5.26 Å². The van der Waals surface area contributed by atoms with Gasteiger partial charge in [0.15, 0.2) is 0 Å². The smallest absolute Gasteiger partial charge is 0.262 e. The van der Waals surface area contributed by atoms with E-state index in [9.17, 15) is 19.6 Å². The Labute approximate surface area is 154 Å². The molecule has 130 valence electrons. The molecule has 2 heterocycles. The fraction of sp³-hybridized carbons (Fsp3) is 0.263. The highest BCUT2D eigenvalue weighted by Gasteiger charge is 2.40. The van der Waals surface area contributed by atoms with Crippen molar-refractivity contribution in [3.8, 4) is 6.07 Å². The Morgan fingerprint density at radius 3 is 2.50 bits per heavy atom. The third-order valence-electron chi connectivity index (χ3n) is 4.86. The fourth-order valence-corrected chi connectivity index (χ4v) is 4.75. The van der Waals surface area contributed by atoms with E-state index < -0.39 is 23.8 Å². The number of amides is 3. The molecule has 2 aromatic rings. The van der Waals surface area contributed by atoms with Crippen LogP contribution in [0.15, 0.2) is 24.3 Å².